The highest BCUT2D eigenvalue weighted by molar-refractivity contribution is 5.32. The number of rotatable bonds is 9. The zero-order valence-corrected chi connectivity index (χ0v) is 13.4. The molecule has 0 radical (unpaired) electrons. The van der Waals surface area contributed by atoms with Gasteiger partial charge in [0, 0.05) is 12.1 Å². The molecule has 3 nitrogen and oxygen atoms in total. The van der Waals surface area contributed by atoms with Crippen LogP contribution in [0.15, 0.2) is 54.6 Å². The summed E-state index contributed by atoms with van der Waals surface area (Å²) in [5, 5.41) is 3.54. The summed E-state index contributed by atoms with van der Waals surface area (Å²) in [7, 11) is 1.67. The van der Waals surface area contributed by atoms with Crippen molar-refractivity contribution in [2.24, 2.45) is 0 Å². The van der Waals surface area contributed by atoms with Crippen molar-refractivity contribution < 1.29 is 9.47 Å². The number of ether oxygens (including phenoxy) is 2. The van der Waals surface area contributed by atoms with Crippen molar-refractivity contribution in [2.75, 3.05) is 20.3 Å². The van der Waals surface area contributed by atoms with Crippen LogP contribution in [0, 0.1) is 0 Å². The van der Waals surface area contributed by atoms with E-state index in [0.29, 0.717) is 6.04 Å². The van der Waals surface area contributed by atoms with Gasteiger partial charge in [0.05, 0.1) is 13.7 Å². The molecule has 0 saturated heterocycles. The van der Waals surface area contributed by atoms with Crippen molar-refractivity contribution in [3.8, 4) is 11.5 Å². The summed E-state index contributed by atoms with van der Waals surface area (Å²) in [6, 6.07) is 18.6. The molecule has 22 heavy (non-hydrogen) atoms. The SMILES string of the molecule is COc1cccc(OCCCCN[C@H](C)c2ccccc2)c1. The van der Waals surface area contributed by atoms with Crippen LogP contribution in [0.1, 0.15) is 31.4 Å². The normalized spacial score (nSPS) is 11.9. The Morgan fingerprint density at radius 3 is 2.50 bits per heavy atom. The zero-order valence-electron chi connectivity index (χ0n) is 13.4. The van der Waals surface area contributed by atoms with E-state index < -0.39 is 0 Å². The molecule has 0 aromatic heterocycles. The Balaban J connectivity index is 1.59. The molecule has 118 valence electrons. The number of benzene rings is 2. The molecule has 0 aliphatic rings. The predicted octanol–water partition coefficient (Wildman–Crippen LogP) is 4.21. The molecule has 0 heterocycles. The van der Waals surface area contributed by atoms with E-state index in [9.17, 15) is 0 Å². The lowest BCUT2D eigenvalue weighted by atomic mass is 10.1. The lowest BCUT2D eigenvalue weighted by molar-refractivity contribution is 0.302. The monoisotopic (exact) mass is 299 g/mol. The molecule has 0 amide bonds. The van der Waals surface area contributed by atoms with Gasteiger partial charge in [-0.25, -0.2) is 0 Å². The molecular formula is C19H25NO2. The minimum absolute atomic E-state index is 0.389. The van der Waals surface area contributed by atoms with Gasteiger partial charge in [0.1, 0.15) is 11.5 Å². The summed E-state index contributed by atoms with van der Waals surface area (Å²) in [4.78, 5) is 0. The van der Waals surface area contributed by atoms with Gasteiger partial charge in [-0.1, -0.05) is 36.4 Å². The first kappa shape index (κ1) is 16.4. The summed E-state index contributed by atoms with van der Waals surface area (Å²) < 4.78 is 10.9. The summed E-state index contributed by atoms with van der Waals surface area (Å²) in [6.45, 7) is 3.92. The van der Waals surface area contributed by atoms with Crippen molar-refractivity contribution >= 4 is 0 Å². The van der Waals surface area contributed by atoms with Crippen molar-refractivity contribution in [3.05, 3.63) is 60.2 Å². The number of hydrogen-bond donors (Lipinski definition) is 1. The Labute approximate surface area is 133 Å². The van der Waals surface area contributed by atoms with Gasteiger partial charge >= 0.3 is 0 Å². The van der Waals surface area contributed by atoms with Crippen molar-refractivity contribution in [2.45, 2.75) is 25.8 Å². The maximum Gasteiger partial charge on any atom is 0.122 e. The zero-order chi connectivity index (χ0) is 15.6. The Kier molecular flexibility index (Phi) is 6.78. The maximum atomic E-state index is 5.73. The maximum absolute atomic E-state index is 5.73. The van der Waals surface area contributed by atoms with E-state index in [4.69, 9.17) is 9.47 Å². The largest absolute Gasteiger partial charge is 0.497 e. The highest BCUT2D eigenvalue weighted by Crippen LogP contribution is 2.19. The molecule has 1 atom stereocenters. The van der Waals surface area contributed by atoms with Gasteiger partial charge in [-0.2, -0.15) is 0 Å². The molecule has 2 aromatic rings. The predicted molar refractivity (Wildman–Crippen MR) is 90.6 cm³/mol. The van der Waals surface area contributed by atoms with E-state index in [0.717, 1.165) is 37.5 Å². The van der Waals surface area contributed by atoms with Gasteiger partial charge in [-0.3, -0.25) is 0 Å². The number of unbranched alkanes of at least 4 members (excludes halogenated alkanes) is 1. The van der Waals surface area contributed by atoms with Crippen LogP contribution in [0.3, 0.4) is 0 Å². The van der Waals surface area contributed by atoms with E-state index in [-0.39, 0.29) is 0 Å². The first-order valence-corrected chi connectivity index (χ1v) is 7.85. The highest BCUT2D eigenvalue weighted by atomic mass is 16.5. The minimum Gasteiger partial charge on any atom is -0.497 e. The molecule has 0 aliphatic heterocycles. The third kappa shape index (κ3) is 5.41. The molecule has 2 rings (SSSR count). The van der Waals surface area contributed by atoms with Gasteiger partial charge in [-0.15, -0.1) is 0 Å². The van der Waals surface area contributed by atoms with Gasteiger partial charge < -0.3 is 14.8 Å². The molecule has 0 bridgehead atoms. The summed E-state index contributed by atoms with van der Waals surface area (Å²) >= 11 is 0. The van der Waals surface area contributed by atoms with Gasteiger partial charge in [-0.05, 0) is 44.0 Å². The number of nitrogens with one attached hydrogen (secondary N) is 1. The van der Waals surface area contributed by atoms with Crippen LogP contribution >= 0.6 is 0 Å². The lowest BCUT2D eigenvalue weighted by Crippen LogP contribution is -2.20. The van der Waals surface area contributed by atoms with E-state index in [2.05, 4.69) is 36.5 Å². The molecule has 0 unspecified atom stereocenters. The van der Waals surface area contributed by atoms with Crippen LogP contribution in [0.25, 0.3) is 0 Å². The molecule has 3 heteroatoms. The summed E-state index contributed by atoms with van der Waals surface area (Å²) in [5.41, 5.74) is 1.33. The van der Waals surface area contributed by atoms with Gasteiger partial charge in [0.2, 0.25) is 0 Å². The molecule has 0 saturated carbocycles. The second kappa shape index (κ2) is 9.11. The van der Waals surface area contributed by atoms with E-state index in [1.807, 2.05) is 30.3 Å². The van der Waals surface area contributed by atoms with E-state index >= 15 is 0 Å². The van der Waals surface area contributed by atoms with Gasteiger partial charge in [0.15, 0.2) is 0 Å². The first-order valence-electron chi connectivity index (χ1n) is 7.85. The van der Waals surface area contributed by atoms with Crippen LogP contribution < -0.4 is 14.8 Å². The third-order valence-electron chi connectivity index (χ3n) is 3.63. The smallest absolute Gasteiger partial charge is 0.122 e. The molecule has 0 fully saturated rings. The Bertz CT molecular complexity index is 542. The molecule has 1 N–H and O–H groups in total. The Morgan fingerprint density at radius 2 is 1.73 bits per heavy atom. The quantitative estimate of drug-likeness (QED) is 0.704. The lowest BCUT2D eigenvalue weighted by Gasteiger charge is -2.14. The summed E-state index contributed by atoms with van der Waals surface area (Å²) in [5.74, 6) is 1.70. The third-order valence-corrected chi connectivity index (χ3v) is 3.63. The fourth-order valence-electron chi connectivity index (χ4n) is 2.29. The number of hydrogen-bond acceptors (Lipinski definition) is 3. The molecule has 0 spiro atoms. The van der Waals surface area contributed by atoms with Crippen molar-refractivity contribution in [3.63, 3.8) is 0 Å². The molecule has 0 aliphatic carbocycles. The number of methoxy groups -OCH3 is 1. The minimum atomic E-state index is 0.389. The Morgan fingerprint density at radius 1 is 0.955 bits per heavy atom. The van der Waals surface area contributed by atoms with Crippen LogP contribution in [0.5, 0.6) is 11.5 Å². The van der Waals surface area contributed by atoms with Crippen LogP contribution in [0.4, 0.5) is 0 Å². The van der Waals surface area contributed by atoms with Crippen LogP contribution in [0.2, 0.25) is 0 Å². The summed E-state index contributed by atoms with van der Waals surface area (Å²) in [6.07, 6.45) is 2.13. The van der Waals surface area contributed by atoms with Crippen molar-refractivity contribution in [1.82, 2.24) is 5.32 Å². The average Bonchev–Trinajstić information content (AvgIpc) is 2.58. The molecule has 2 aromatic carbocycles. The van der Waals surface area contributed by atoms with Crippen molar-refractivity contribution in [1.29, 1.82) is 0 Å². The fraction of sp³-hybridized carbons (Fsp3) is 0.368. The Hall–Kier alpha value is -2.00. The topological polar surface area (TPSA) is 30.5 Å². The first-order chi connectivity index (χ1) is 10.8. The van der Waals surface area contributed by atoms with Gasteiger partial charge in [0.25, 0.3) is 0 Å². The van der Waals surface area contributed by atoms with Crippen LogP contribution in [-0.2, 0) is 0 Å². The second-order valence-electron chi connectivity index (χ2n) is 5.32. The fourth-order valence-corrected chi connectivity index (χ4v) is 2.29. The van der Waals surface area contributed by atoms with Crippen LogP contribution in [-0.4, -0.2) is 20.3 Å². The standard InChI is InChI=1S/C19H25NO2/c1-16(17-9-4-3-5-10-17)20-13-6-7-14-22-19-12-8-11-18(15-19)21-2/h3-5,8-12,15-16,20H,6-7,13-14H2,1-2H3/t16-/m1/s1. The average molecular weight is 299 g/mol. The van der Waals surface area contributed by atoms with E-state index in [1.54, 1.807) is 7.11 Å². The molecular weight excluding hydrogens is 274 g/mol. The second-order valence-corrected chi connectivity index (χ2v) is 5.32. The van der Waals surface area contributed by atoms with E-state index in [1.165, 1.54) is 5.56 Å². The highest BCUT2D eigenvalue weighted by Gasteiger charge is 2.02.